The Balaban J connectivity index is 1.38. The fourth-order valence-electron chi connectivity index (χ4n) is 5.08. The number of rotatable bonds is 6. The Hall–Kier alpha value is -3.26. The van der Waals surface area contributed by atoms with E-state index in [9.17, 15) is 23.9 Å². The van der Waals surface area contributed by atoms with Gasteiger partial charge in [0.25, 0.3) is 5.91 Å². The molecule has 2 aromatic carbocycles. The lowest BCUT2D eigenvalue weighted by atomic mass is 9.92. The van der Waals surface area contributed by atoms with E-state index in [1.807, 2.05) is 6.92 Å². The van der Waals surface area contributed by atoms with Crippen LogP contribution < -0.4 is 5.32 Å². The number of carbonyl (C=O) groups is 3. The molecule has 1 aliphatic heterocycles. The summed E-state index contributed by atoms with van der Waals surface area (Å²) in [5.74, 6) is -0.840. The van der Waals surface area contributed by atoms with Crippen LogP contribution >= 0.6 is 0 Å². The van der Waals surface area contributed by atoms with Crippen molar-refractivity contribution in [3.63, 3.8) is 0 Å². The molecule has 0 radical (unpaired) electrons. The fourth-order valence-corrected chi connectivity index (χ4v) is 5.08. The van der Waals surface area contributed by atoms with Gasteiger partial charge in [-0.05, 0) is 54.5 Å². The van der Waals surface area contributed by atoms with Gasteiger partial charge in [0.05, 0.1) is 6.10 Å². The Kier molecular flexibility index (Phi) is 5.20. The Morgan fingerprint density at radius 1 is 1.21 bits per heavy atom. The van der Waals surface area contributed by atoms with E-state index in [4.69, 9.17) is 0 Å². The molecule has 1 saturated heterocycles. The summed E-state index contributed by atoms with van der Waals surface area (Å²) in [6.07, 6.45) is 1.22. The number of aliphatic hydroxyl groups is 1. The summed E-state index contributed by atoms with van der Waals surface area (Å²) in [6.45, 7) is 1.85. The lowest BCUT2D eigenvalue weighted by Gasteiger charge is -2.31. The maximum atomic E-state index is 13.4. The molecule has 5 rings (SSSR count). The number of nitrogens with zero attached hydrogens (tertiary/aromatic N) is 2. The SMILES string of the molecule is C[C@@H](C1CC1)N(Cc1ccc(F)cc1)C(=O)CN1C(=O)NC2(CC(O)c3ccccc32)C1=O. The molecule has 1 saturated carbocycles. The fraction of sp³-hybridized carbons (Fsp3) is 0.400. The van der Waals surface area contributed by atoms with Gasteiger partial charge in [-0.25, -0.2) is 9.18 Å². The van der Waals surface area contributed by atoms with Gasteiger partial charge in [0.1, 0.15) is 17.9 Å². The predicted molar refractivity (Wildman–Crippen MR) is 117 cm³/mol. The van der Waals surface area contributed by atoms with Crippen molar-refractivity contribution in [3.8, 4) is 0 Å². The van der Waals surface area contributed by atoms with Gasteiger partial charge in [0.15, 0.2) is 0 Å². The van der Waals surface area contributed by atoms with E-state index in [0.29, 0.717) is 17.0 Å². The van der Waals surface area contributed by atoms with Crippen molar-refractivity contribution in [2.45, 2.75) is 50.4 Å². The highest BCUT2D eigenvalue weighted by Gasteiger charge is 2.58. The zero-order chi connectivity index (χ0) is 23.3. The molecule has 4 amide bonds. The van der Waals surface area contributed by atoms with Crippen LogP contribution in [0.3, 0.4) is 0 Å². The molecular weight excluding hydrogens is 425 g/mol. The van der Waals surface area contributed by atoms with Crippen LogP contribution in [0.2, 0.25) is 0 Å². The molecule has 33 heavy (non-hydrogen) atoms. The first-order valence-electron chi connectivity index (χ1n) is 11.3. The van der Waals surface area contributed by atoms with Crippen molar-refractivity contribution < 1.29 is 23.9 Å². The van der Waals surface area contributed by atoms with E-state index in [1.165, 1.54) is 12.1 Å². The van der Waals surface area contributed by atoms with Crippen LogP contribution in [0.5, 0.6) is 0 Å². The average molecular weight is 451 g/mol. The van der Waals surface area contributed by atoms with Crippen molar-refractivity contribution in [2.24, 2.45) is 5.92 Å². The van der Waals surface area contributed by atoms with Gasteiger partial charge in [-0.1, -0.05) is 36.4 Å². The zero-order valence-electron chi connectivity index (χ0n) is 18.3. The van der Waals surface area contributed by atoms with E-state index in [-0.39, 0.29) is 37.3 Å². The summed E-state index contributed by atoms with van der Waals surface area (Å²) in [7, 11) is 0. The highest BCUT2D eigenvalue weighted by molar-refractivity contribution is 6.10. The third-order valence-electron chi connectivity index (χ3n) is 7.13. The quantitative estimate of drug-likeness (QED) is 0.661. The van der Waals surface area contributed by atoms with Gasteiger partial charge in [-0.2, -0.15) is 0 Å². The lowest BCUT2D eigenvalue weighted by molar-refractivity contribution is -0.141. The summed E-state index contributed by atoms with van der Waals surface area (Å²) in [5.41, 5.74) is 0.607. The van der Waals surface area contributed by atoms with Crippen molar-refractivity contribution in [2.75, 3.05) is 6.54 Å². The first-order chi connectivity index (χ1) is 15.8. The van der Waals surface area contributed by atoms with Crippen molar-refractivity contribution in [1.29, 1.82) is 0 Å². The van der Waals surface area contributed by atoms with Gasteiger partial charge in [-0.15, -0.1) is 0 Å². The Morgan fingerprint density at radius 3 is 2.61 bits per heavy atom. The molecule has 3 aliphatic rings. The monoisotopic (exact) mass is 451 g/mol. The van der Waals surface area contributed by atoms with Gasteiger partial charge < -0.3 is 15.3 Å². The molecule has 2 aromatic rings. The average Bonchev–Trinajstić information content (AvgIpc) is 3.58. The maximum Gasteiger partial charge on any atom is 0.325 e. The van der Waals surface area contributed by atoms with Gasteiger partial charge in [0, 0.05) is 19.0 Å². The minimum atomic E-state index is -1.35. The van der Waals surface area contributed by atoms with E-state index in [0.717, 1.165) is 23.3 Å². The van der Waals surface area contributed by atoms with Gasteiger partial charge in [-0.3, -0.25) is 14.5 Å². The predicted octanol–water partition coefficient (Wildman–Crippen LogP) is 2.84. The van der Waals surface area contributed by atoms with Crippen LogP contribution in [-0.4, -0.2) is 45.3 Å². The molecule has 2 unspecified atom stereocenters. The summed E-state index contributed by atoms with van der Waals surface area (Å²) >= 11 is 0. The first-order valence-corrected chi connectivity index (χ1v) is 11.3. The Morgan fingerprint density at radius 2 is 1.91 bits per heavy atom. The third kappa shape index (κ3) is 3.68. The number of hydrogen-bond acceptors (Lipinski definition) is 4. The number of benzene rings is 2. The molecule has 1 spiro atoms. The largest absolute Gasteiger partial charge is 0.388 e. The highest BCUT2D eigenvalue weighted by atomic mass is 19.1. The first kappa shape index (κ1) is 21.6. The number of hydrogen-bond donors (Lipinski definition) is 2. The number of urea groups is 1. The molecular formula is C25H26FN3O4. The summed E-state index contributed by atoms with van der Waals surface area (Å²) in [6, 6.07) is 12.3. The standard InChI is InChI=1S/C25H26FN3O4/c1-15(17-8-9-17)28(13-16-6-10-18(26)11-7-16)22(31)14-29-23(32)25(27-24(29)33)12-21(30)19-4-2-3-5-20(19)25/h2-7,10-11,15,17,21,30H,8-9,12-14H2,1H3,(H,27,33)/t15-,21?,25?/m0/s1. The summed E-state index contributed by atoms with van der Waals surface area (Å²) < 4.78 is 13.3. The van der Waals surface area contributed by atoms with Crippen LogP contribution in [0, 0.1) is 11.7 Å². The second-order valence-electron chi connectivity index (χ2n) is 9.26. The number of amides is 4. The van der Waals surface area contributed by atoms with Crippen LogP contribution in [0.25, 0.3) is 0 Å². The van der Waals surface area contributed by atoms with E-state index in [1.54, 1.807) is 41.3 Å². The van der Waals surface area contributed by atoms with Crippen molar-refractivity contribution >= 4 is 17.8 Å². The third-order valence-corrected chi connectivity index (χ3v) is 7.13. The number of fused-ring (bicyclic) bond motifs is 2. The molecule has 3 atom stereocenters. The van der Waals surface area contributed by atoms with Crippen molar-refractivity contribution in [3.05, 3.63) is 71.0 Å². The van der Waals surface area contributed by atoms with Crippen LogP contribution in [0.1, 0.15) is 49.0 Å². The number of halogens is 1. The Bertz CT molecular complexity index is 1120. The number of carbonyl (C=O) groups excluding carboxylic acids is 3. The molecule has 8 heteroatoms. The smallest absolute Gasteiger partial charge is 0.325 e. The summed E-state index contributed by atoms with van der Waals surface area (Å²) in [5, 5.41) is 13.2. The second kappa shape index (κ2) is 7.95. The molecule has 0 bridgehead atoms. The van der Waals surface area contributed by atoms with Crippen LogP contribution in [0.15, 0.2) is 48.5 Å². The van der Waals surface area contributed by atoms with E-state index in [2.05, 4.69) is 5.32 Å². The number of nitrogens with one attached hydrogen (secondary N) is 1. The Labute approximate surface area is 191 Å². The maximum absolute atomic E-state index is 13.4. The van der Waals surface area contributed by atoms with Gasteiger partial charge in [0.2, 0.25) is 5.91 Å². The molecule has 0 aromatic heterocycles. The zero-order valence-corrected chi connectivity index (χ0v) is 18.3. The second-order valence-corrected chi connectivity index (χ2v) is 9.26. The molecule has 7 nitrogen and oxygen atoms in total. The minimum Gasteiger partial charge on any atom is -0.388 e. The van der Waals surface area contributed by atoms with Crippen LogP contribution in [-0.2, 0) is 21.7 Å². The van der Waals surface area contributed by atoms with Crippen LogP contribution in [0.4, 0.5) is 9.18 Å². The topological polar surface area (TPSA) is 90.0 Å². The number of imide groups is 1. The normalized spacial score (nSPS) is 24.7. The molecule has 1 heterocycles. The number of aliphatic hydroxyl groups excluding tert-OH is 1. The molecule has 2 fully saturated rings. The van der Waals surface area contributed by atoms with Gasteiger partial charge >= 0.3 is 6.03 Å². The summed E-state index contributed by atoms with van der Waals surface area (Å²) in [4.78, 5) is 42.3. The minimum absolute atomic E-state index is 0.0411. The van der Waals surface area contributed by atoms with Crippen molar-refractivity contribution in [1.82, 2.24) is 15.1 Å². The molecule has 2 N–H and O–H groups in total. The van der Waals surface area contributed by atoms with E-state index >= 15 is 0 Å². The molecule has 2 aliphatic carbocycles. The lowest BCUT2D eigenvalue weighted by Crippen LogP contribution is -2.47. The van der Waals surface area contributed by atoms with E-state index < -0.39 is 23.6 Å². The highest BCUT2D eigenvalue weighted by Crippen LogP contribution is 2.46. The molecule has 172 valence electrons.